The van der Waals surface area contributed by atoms with Crippen molar-refractivity contribution >= 4 is 42.1 Å². The second-order valence-corrected chi connectivity index (χ2v) is 12.2. The lowest BCUT2D eigenvalue weighted by molar-refractivity contribution is -0.146. The van der Waals surface area contributed by atoms with Gasteiger partial charge in [0.25, 0.3) is 0 Å². The molecule has 4 rings (SSSR count). The van der Waals surface area contributed by atoms with Crippen molar-refractivity contribution in [2.75, 3.05) is 12.3 Å². The standard InChI is InChI=1S/C25H27FIN4O8P/c1-16(22(33)36-14-17-8-4-2-5-9-17)30-40(35,39-18-10-6-3-7-11-18)37-15-19-21(32)25(26,27)23(38-19)31-13-12-20(28)29-24(31)34/h2-13,16,19,21,23,32H,14-15H2,1H3,(H,30,35)(H2,28,29,34)/t16-,19+,21?,23+,25+,40?/m0/s1. The van der Waals surface area contributed by atoms with Crippen LogP contribution >= 0.6 is 30.3 Å². The monoisotopic (exact) mass is 688 g/mol. The molecule has 2 aromatic carbocycles. The second-order valence-electron chi connectivity index (χ2n) is 8.83. The van der Waals surface area contributed by atoms with Crippen LogP contribution in [0.2, 0.25) is 0 Å². The van der Waals surface area contributed by atoms with Crippen molar-refractivity contribution < 1.29 is 37.4 Å². The zero-order chi connectivity index (χ0) is 28.9. The Balaban J connectivity index is 1.47. The highest BCUT2D eigenvalue weighted by atomic mass is 127. The summed E-state index contributed by atoms with van der Waals surface area (Å²) in [5, 5.41) is 13.2. The van der Waals surface area contributed by atoms with Crippen LogP contribution in [0.3, 0.4) is 0 Å². The third kappa shape index (κ3) is 7.25. The largest absolute Gasteiger partial charge is 0.460 e. The molecule has 0 bridgehead atoms. The van der Waals surface area contributed by atoms with Crippen molar-refractivity contribution in [3.05, 3.63) is 89.0 Å². The third-order valence-electron chi connectivity index (χ3n) is 5.79. The van der Waals surface area contributed by atoms with Gasteiger partial charge in [-0.3, -0.25) is 13.9 Å². The Hall–Kier alpha value is -2.88. The van der Waals surface area contributed by atoms with Crippen LogP contribution in [0.5, 0.6) is 5.75 Å². The summed E-state index contributed by atoms with van der Waals surface area (Å²) in [5.74, 6) is -0.645. The number of ether oxygens (including phenoxy) is 2. The molecule has 6 atom stereocenters. The SMILES string of the molecule is C[C@H](NP(=O)(OC[C@H]1O[C@@H](n2ccc(N)nc2=O)[C@](F)(I)C1O)Oc1ccccc1)C(=O)OCc1ccccc1. The molecule has 40 heavy (non-hydrogen) atoms. The Bertz CT molecular complexity index is 1410. The van der Waals surface area contributed by atoms with Gasteiger partial charge in [-0.15, -0.1) is 0 Å². The number of aliphatic hydroxyl groups is 1. The highest BCUT2D eigenvalue weighted by Gasteiger charge is 2.57. The molecule has 1 saturated heterocycles. The fraction of sp³-hybridized carbons (Fsp3) is 0.320. The minimum atomic E-state index is -4.34. The number of nitrogens with one attached hydrogen (secondary N) is 1. The quantitative estimate of drug-likeness (QED) is 0.117. The molecule has 0 spiro atoms. The summed E-state index contributed by atoms with van der Waals surface area (Å²) >= 11 is 1.33. The normalized spacial score (nSPS) is 24.6. The fourth-order valence-electron chi connectivity index (χ4n) is 3.74. The average molecular weight is 688 g/mol. The molecule has 2 unspecified atom stereocenters. The number of esters is 1. The Morgan fingerprint density at radius 1 is 1.25 bits per heavy atom. The minimum Gasteiger partial charge on any atom is -0.460 e. The predicted molar refractivity (Wildman–Crippen MR) is 150 cm³/mol. The van der Waals surface area contributed by atoms with Crippen LogP contribution in [0.1, 0.15) is 18.7 Å². The van der Waals surface area contributed by atoms with Gasteiger partial charge in [0.15, 0.2) is 6.23 Å². The van der Waals surface area contributed by atoms with Crippen molar-refractivity contribution in [2.45, 2.75) is 41.7 Å². The second kappa shape index (κ2) is 12.7. The average Bonchev–Trinajstić information content (AvgIpc) is 3.15. The molecule has 12 nitrogen and oxygen atoms in total. The van der Waals surface area contributed by atoms with Gasteiger partial charge < -0.3 is 24.8 Å². The van der Waals surface area contributed by atoms with Crippen LogP contribution in [-0.2, 0) is 30.0 Å². The number of nitrogen functional groups attached to an aromatic ring is 1. The molecule has 214 valence electrons. The molecule has 4 N–H and O–H groups in total. The molecule has 0 saturated carbocycles. The van der Waals surface area contributed by atoms with Crippen molar-refractivity contribution in [3.63, 3.8) is 0 Å². The molecule has 1 aliphatic heterocycles. The number of carbonyl (C=O) groups excluding carboxylic acids is 1. The maximum Gasteiger partial charge on any atom is 0.459 e. The molecule has 1 fully saturated rings. The zero-order valence-corrected chi connectivity index (χ0v) is 24.2. The van der Waals surface area contributed by atoms with Crippen LogP contribution in [-0.4, -0.2) is 49.2 Å². The van der Waals surface area contributed by atoms with Gasteiger partial charge in [0.2, 0.25) is 3.68 Å². The first-order valence-electron chi connectivity index (χ1n) is 12.0. The highest BCUT2D eigenvalue weighted by Crippen LogP contribution is 2.49. The van der Waals surface area contributed by atoms with E-state index in [9.17, 15) is 19.3 Å². The van der Waals surface area contributed by atoms with Gasteiger partial charge >= 0.3 is 19.4 Å². The van der Waals surface area contributed by atoms with Crippen molar-refractivity contribution in [1.82, 2.24) is 14.6 Å². The summed E-state index contributed by atoms with van der Waals surface area (Å²) < 4.78 is 49.7. The molecular formula is C25H27FIN4O8P. The fourth-order valence-corrected chi connectivity index (χ4v) is 6.09. The van der Waals surface area contributed by atoms with Gasteiger partial charge in [0.1, 0.15) is 36.4 Å². The molecule has 0 aliphatic carbocycles. The van der Waals surface area contributed by atoms with E-state index in [1.165, 1.54) is 53.9 Å². The first kappa shape index (κ1) is 30.1. The van der Waals surface area contributed by atoms with Crippen LogP contribution in [0, 0.1) is 0 Å². The number of benzene rings is 2. The number of aromatic nitrogens is 2. The van der Waals surface area contributed by atoms with Gasteiger partial charge in [-0.2, -0.15) is 10.1 Å². The van der Waals surface area contributed by atoms with Gasteiger partial charge in [-0.05, 0) is 53.3 Å². The van der Waals surface area contributed by atoms with Gasteiger partial charge in [0.05, 0.1) is 6.61 Å². The number of nitrogens with zero attached hydrogens (tertiary/aromatic N) is 2. The first-order valence-corrected chi connectivity index (χ1v) is 14.6. The van der Waals surface area contributed by atoms with E-state index >= 15 is 4.39 Å². The summed E-state index contributed by atoms with van der Waals surface area (Å²) in [4.78, 5) is 28.4. The zero-order valence-electron chi connectivity index (χ0n) is 21.1. The molecule has 0 amide bonds. The van der Waals surface area contributed by atoms with E-state index in [0.29, 0.717) is 0 Å². The Morgan fingerprint density at radius 3 is 2.55 bits per heavy atom. The maximum atomic E-state index is 15.6. The smallest absolute Gasteiger partial charge is 0.459 e. The van der Waals surface area contributed by atoms with E-state index in [0.717, 1.165) is 10.1 Å². The maximum absolute atomic E-state index is 15.6. The number of hydrogen-bond acceptors (Lipinski definition) is 10. The Labute approximate surface area is 242 Å². The lowest BCUT2D eigenvalue weighted by atomic mass is 10.1. The van der Waals surface area contributed by atoms with E-state index in [-0.39, 0.29) is 18.2 Å². The molecule has 1 aliphatic rings. The Kier molecular flexibility index (Phi) is 9.59. The van der Waals surface area contributed by atoms with Crippen molar-refractivity contribution in [3.8, 4) is 5.75 Å². The van der Waals surface area contributed by atoms with Gasteiger partial charge in [0, 0.05) is 6.20 Å². The number of rotatable bonds is 11. The lowest BCUT2D eigenvalue weighted by Gasteiger charge is -2.24. The Morgan fingerprint density at radius 2 is 1.90 bits per heavy atom. The van der Waals surface area contributed by atoms with Crippen LogP contribution in [0.25, 0.3) is 0 Å². The number of alkyl halides is 2. The number of halogens is 2. The van der Waals surface area contributed by atoms with Crippen LogP contribution < -0.4 is 21.0 Å². The van der Waals surface area contributed by atoms with Crippen molar-refractivity contribution in [1.29, 1.82) is 0 Å². The van der Waals surface area contributed by atoms with Crippen LogP contribution in [0.15, 0.2) is 77.7 Å². The number of anilines is 1. The predicted octanol–water partition coefficient (Wildman–Crippen LogP) is 3.11. The van der Waals surface area contributed by atoms with E-state index in [1.54, 1.807) is 42.5 Å². The van der Waals surface area contributed by atoms with Crippen LogP contribution in [0.4, 0.5) is 10.2 Å². The number of para-hydroxylation sites is 1. The molecule has 3 aromatic rings. The number of carbonyl (C=O) groups is 1. The summed E-state index contributed by atoms with van der Waals surface area (Å²) in [6, 6.07) is 17.1. The topological polar surface area (TPSA) is 164 Å². The molecule has 0 radical (unpaired) electrons. The highest BCUT2D eigenvalue weighted by molar-refractivity contribution is 14.1. The summed E-state index contributed by atoms with van der Waals surface area (Å²) in [5.41, 5.74) is 5.37. The third-order valence-corrected chi connectivity index (χ3v) is 8.61. The van der Waals surface area contributed by atoms with E-state index in [4.69, 9.17) is 24.3 Å². The summed E-state index contributed by atoms with van der Waals surface area (Å²) in [7, 11) is -4.34. The molecule has 1 aromatic heterocycles. The number of hydrogen-bond donors (Lipinski definition) is 3. The number of nitrogens with two attached hydrogens (primary N) is 1. The van der Waals surface area contributed by atoms with Gasteiger partial charge in [-0.1, -0.05) is 48.5 Å². The van der Waals surface area contributed by atoms with E-state index < -0.39 is 54.2 Å². The van der Waals surface area contributed by atoms with E-state index in [1.807, 2.05) is 6.07 Å². The lowest BCUT2D eigenvalue weighted by Crippen LogP contribution is -2.41. The molecule has 15 heteroatoms. The minimum absolute atomic E-state index is 0.00645. The molecular weight excluding hydrogens is 661 g/mol. The van der Waals surface area contributed by atoms with Crippen molar-refractivity contribution in [2.24, 2.45) is 0 Å². The molecule has 2 heterocycles. The summed E-state index contributed by atoms with van der Waals surface area (Å²) in [6.45, 7) is 0.770. The number of aliphatic hydroxyl groups excluding tert-OH is 1. The van der Waals surface area contributed by atoms with E-state index in [2.05, 4.69) is 10.1 Å². The summed E-state index contributed by atoms with van der Waals surface area (Å²) in [6.07, 6.45) is -3.59. The van der Waals surface area contributed by atoms with Gasteiger partial charge in [-0.25, -0.2) is 13.8 Å². The first-order chi connectivity index (χ1) is 19.0.